The van der Waals surface area contributed by atoms with E-state index >= 15 is 0 Å². The first kappa shape index (κ1) is 11.4. The van der Waals surface area contributed by atoms with Gasteiger partial charge in [-0.15, -0.1) is 0 Å². The quantitative estimate of drug-likeness (QED) is 0.613. The summed E-state index contributed by atoms with van der Waals surface area (Å²) in [6, 6.07) is 19.4. The van der Waals surface area contributed by atoms with Crippen LogP contribution in [0.15, 0.2) is 54.6 Å². The summed E-state index contributed by atoms with van der Waals surface area (Å²) in [5, 5.41) is 1.28. The maximum atomic E-state index is 2.37. The first-order valence-corrected chi connectivity index (χ1v) is 7.03. The Balaban J connectivity index is 2.05. The van der Waals surface area contributed by atoms with Gasteiger partial charge in [0.25, 0.3) is 0 Å². The molecule has 4 rings (SSSR count). The summed E-state index contributed by atoms with van der Waals surface area (Å²) in [4.78, 5) is 2.37. The Hall–Kier alpha value is -2.48. The normalized spacial score (nSPS) is 13.2. The predicted octanol–water partition coefficient (Wildman–Crippen LogP) is 4.74. The Morgan fingerprint density at radius 3 is 2.65 bits per heavy atom. The van der Waals surface area contributed by atoms with Crippen LogP contribution in [0.4, 0.5) is 11.5 Å². The molecule has 0 fully saturated rings. The van der Waals surface area contributed by atoms with E-state index in [-0.39, 0.29) is 0 Å². The average Bonchev–Trinajstić information content (AvgIpc) is 2.77. The van der Waals surface area contributed by atoms with E-state index in [1.807, 2.05) is 0 Å². The monoisotopic (exact) mass is 260 g/mol. The van der Waals surface area contributed by atoms with Crippen molar-refractivity contribution in [1.82, 2.24) is 4.57 Å². The van der Waals surface area contributed by atoms with Gasteiger partial charge in [-0.05, 0) is 36.8 Å². The summed E-state index contributed by atoms with van der Waals surface area (Å²) < 4.78 is 2.28. The molecule has 0 amide bonds. The highest BCUT2D eigenvalue weighted by molar-refractivity contribution is 5.92. The van der Waals surface area contributed by atoms with Gasteiger partial charge in [-0.1, -0.05) is 36.4 Å². The van der Waals surface area contributed by atoms with Crippen LogP contribution in [-0.2, 0) is 0 Å². The highest BCUT2D eigenvalue weighted by atomic mass is 15.2. The van der Waals surface area contributed by atoms with Crippen molar-refractivity contribution in [1.29, 1.82) is 0 Å². The SMILES string of the molecule is CCN1c2ccccc2C=Cn2c1cc1ccccc12. The van der Waals surface area contributed by atoms with E-state index in [1.165, 1.54) is 28.0 Å². The van der Waals surface area contributed by atoms with Gasteiger partial charge < -0.3 is 9.47 Å². The molecule has 2 heterocycles. The molecular formula is C18H16N2. The van der Waals surface area contributed by atoms with Gasteiger partial charge in [-0.25, -0.2) is 0 Å². The second kappa shape index (κ2) is 4.27. The number of hydrogen-bond acceptors (Lipinski definition) is 1. The molecule has 2 aromatic carbocycles. The summed E-state index contributed by atoms with van der Waals surface area (Å²) in [6.07, 6.45) is 4.37. The number of nitrogens with zero attached hydrogens (tertiary/aromatic N) is 2. The lowest BCUT2D eigenvalue weighted by atomic mass is 10.1. The molecule has 0 atom stereocenters. The standard InChI is InChI=1S/C18H16N2/c1-2-19-16-9-5-3-7-14(16)11-12-20-17-10-6-4-8-15(17)13-18(19)20/h3-13H,2H2,1H3. The fourth-order valence-corrected chi connectivity index (χ4v) is 3.01. The van der Waals surface area contributed by atoms with Crippen molar-refractivity contribution >= 4 is 34.7 Å². The molecule has 0 bridgehead atoms. The highest BCUT2D eigenvalue weighted by Gasteiger charge is 2.18. The predicted molar refractivity (Wildman–Crippen MR) is 86.3 cm³/mol. The van der Waals surface area contributed by atoms with Crippen LogP contribution in [0.1, 0.15) is 12.5 Å². The van der Waals surface area contributed by atoms with E-state index in [4.69, 9.17) is 0 Å². The second-order valence-corrected chi connectivity index (χ2v) is 5.05. The van der Waals surface area contributed by atoms with Crippen LogP contribution < -0.4 is 4.90 Å². The number of anilines is 2. The van der Waals surface area contributed by atoms with E-state index in [2.05, 4.69) is 83.3 Å². The Morgan fingerprint density at radius 2 is 1.75 bits per heavy atom. The minimum atomic E-state index is 0.953. The molecule has 0 saturated heterocycles. The zero-order chi connectivity index (χ0) is 13.5. The topological polar surface area (TPSA) is 8.17 Å². The molecule has 0 radical (unpaired) electrons. The molecule has 3 aromatic rings. The Bertz CT molecular complexity index is 811. The van der Waals surface area contributed by atoms with Gasteiger partial charge in [-0.3, -0.25) is 0 Å². The Labute approximate surface area is 118 Å². The van der Waals surface area contributed by atoms with Crippen LogP contribution in [0.3, 0.4) is 0 Å². The number of fused-ring (bicyclic) bond motifs is 4. The molecule has 98 valence electrons. The van der Waals surface area contributed by atoms with E-state index in [0.29, 0.717) is 0 Å². The smallest absolute Gasteiger partial charge is 0.118 e. The summed E-state index contributed by atoms with van der Waals surface area (Å²) in [7, 11) is 0. The molecule has 20 heavy (non-hydrogen) atoms. The highest BCUT2D eigenvalue weighted by Crippen LogP contribution is 2.36. The average molecular weight is 260 g/mol. The van der Waals surface area contributed by atoms with Gasteiger partial charge >= 0.3 is 0 Å². The minimum absolute atomic E-state index is 0.953. The zero-order valence-corrected chi connectivity index (χ0v) is 11.5. The Kier molecular flexibility index (Phi) is 2.43. The molecule has 0 saturated carbocycles. The molecule has 0 aliphatic carbocycles. The first-order valence-electron chi connectivity index (χ1n) is 7.03. The van der Waals surface area contributed by atoms with E-state index < -0.39 is 0 Å². The van der Waals surface area contributed by atoms with Crippen molar-refractivity contribution in [2.45, 2.75) is 6.92 Å². The molecular weight excluding hydrogens is 244 g/mol. The number of para-hydroxylation sites is 2. The van der Waals surface area contributed by atoms with E-state index in [1.54, 1.807) is 0 Å². The van der Waals surface area contributed by atoms with Crippen molar-refractivity contribution in [3.05, 3.63) is 60.2 Å². The fourth-order valence-electron chi connectivity index (χ4n) is 3.01. The molecule has 0 N–H and O–H groups in total. The maximum Gasteiger partial charge on any atom is 0.118 e. The summed E-state index contributed by atoms with van der Waals surface area (Å²) >= 11 is 0. The summed E-state index contributed by atoms with van der Waals surface area (Å²) in [6.45, 7) is 3.15. The van der Waals surface area contributed by atoms with Gasteiger partial charge in [0.1, 0.15) is 5.82 Å². The zero-order valence-electron chi connectivity index (χ0n) is 11.5. The lowest BCUT2D eigenvalue weighted by molar-refractivity contribution is 0.980. The lowest BCUT2D eigenvalue weighted by Gasteiger charge is -2.23. The number of benzene rings is 2. The third-order valence-corrected chi connectivity index (χ3v) is 3.95. The van der Waals surface area contributed by atoms with Gasteiger partial charge in [0, 0.05) is 23.8 Å². The molecule has 2 heteroatoms. The molecule has 1 aliphatic rings. The van der Waals surface area contributed by atoms with Crippen molar-refractivity contribution < 1.29 is 0 Å². The van der Waals surface area contributed by atoms with Gasteiger partial charge in [0.05, 0.1) is 5.52 Å². The first-order chi connectivity index (χ1) is 9.88. The minimum Gasteiger partial charge on any atom is -0.327 e. The fraction of sp³-hybridized carbons (Fsp3) is 0.111. The third kappa shape index (κ3) is 1.51. The van der Waals surface area contributed by atoms with Crippen LogP contribution in [0, 0.1) is 0 Å². The summed E-state index contributed by atoms with van der Waals surface area (Å²) in [5.74, 6) is 1.23. The number of aromatic nitrogens is 1. The van der Waals surface area contributed by atoms with Crippen molar-refractivity contribution in [2.24, 2.45) is 0 Å². The van der Waals surface area contributed by atoms with Crippen LogP contribution in [0.25, 0.3) is 23.2 Å². The maximum absolute atomic E-state index is 2.37. The number of rotatable bonds is 1. The molecule has 0 unspecified atom stereocenters. The molecule has 2 nitrogen and oxygen atoms in total. The summed E-state index contributed by atoms with van der Waals surface area (Å²) in [5.41, 5.74) is 3.79. The molecule has 0 spiro atoms. The molecule has 1 aliphatic heterocycles. The van der Waals surface area contributed by atoms with Crippen LogP contribution in [0.2, 0.25) is 0 Å². The van der Waals surface area contributed by atoms with E-state index in [9.17, 15) is 0 Å². The van der Waals surface area contributed by atoms with E-state index in [0.717, 1.165) is 6.54 Å². The van der Waals surface area contributed by atoms with Gasteiger partial charge in [0.15, 0.2) is 0 Å². The number of hydrogen-bond donors (Lipinski definition) is 0. The van der Waals surface area contributed by atoms with Crippen LogP contribution >= 0.6 is 0 Å². The van der Waals surface area contributed by atoms with Crippen molar-refractivity contribution in [2.75, 3.05) is 11.4 Å². The largest absolute Gasteiger partial charge is 0.327 e. The van der Waals surface area contributed by atoms with Crippen LogP contribution in [-0.4, -0.2) is 11.1 Å². The molecule has 1 aromatic heterocycles. The Morgan fingerprint density at radius 1 is 0.950 bits per heavy atom. The third-order valence-electron chi connectivity index (χ3n) is 3.95. The van der Waals surface area contributed by atoms with Gasteiger partial charge in [-0.2, -0.15) is 0 Å². The lowest BCUT2D eigenvalue weighted by Crippen LogP contribution is -2.18. The van der Waals surface area contributed by atoms with Gasteiger partial charge in [0.2, 0.25) is 0 Å². The van der Waals surface area contributed by atoms with Crippen LogP contribution in [0.5, 0.6) is 0 Å². The second-order valence-electron chi connectivity index (χ2n) is 5.05. The van der Waals surface area contributed by atoms with Crippen molar-refractivity contribution in [3.8, 4) is 0 Å². The van der Waals surface area contributed by atoms with Crippen molar-refractivity contribution in [3.63, 3.8) is 0 Å².